The first kappa shape index (κ1) is 24.2. The van der Waals surface area contributed by atoms with Crippen molar-refractivity contribution in [3.05, 3.63) is 95.6 Å². The maximum atomic E-state index is 13.4. The van der Waals surface area contributed by atoms with Crippen molar-refractivity contribution >= 4 is 27.3 Å². The van der Waals surface area contributed by atoms with Crippen LogP contribution < -0.4 is 9.73 Å². The monoisotopic (exact) mass is 463 g/mol. The van der Waals surface area contributed by atoms with E-state index in [0.29, 0.717) is 12.1 Å². The number of hydrazone groups is 1. The number of sulfonamides is 1. The molecule has 0 aliphatic carbocycles. The third-order valence-electron chi connectivity index (χ3n) is 5.27. The van der Waals surface area contributed by atoms with Crippen molar-refractivity contribution in [3.63, 3.8) is 0 Å². The van der Waals surface area contributed by atoms with Gasteiger partial charge in [-0.3, -0.25) is 9.10 Å². The van der Waals surface area contributed by atoms with E-state index in [9.17, 15) is 13.2 Å². The van der Waals surface area contributed by atoms with Gasteiger partial charge in [-0.15, -0.1) is 0 Å². The standard InChI is InChI=1S/C26H29N3O3S/c1-20-13-17-24(18-14-20)33(31,32)29(25-12-8-7-9-21(25)2)19-26(30)28-27-22(3)15-16-23-10-5-4-6-11-23/h4-14,17-18H,15-16,19H2,1-3H3,(H,28,30)/b27-22+. The van der Waals surface area contributed by atoms with Crippen LogP contribution in [0.4, 0.5) is 5.69 Å². The minimum atomic E-state index is -3.95. The fourth-order valence-electron chi connectivity index (χ4n) is 3.33. The Bertz CT molecular complexity index is 1220. The molecule has 33 heavy (non-hydrogen) atoms. The van der Waals surface area contributed by atoms with Crippen LogP contribution in [0.3, 0.4) is 0 Å². The van der Waals surface area contributed by atoms with Gasteiger partial charge in [0.1, 0.15) is 6.54 Å². The Hall–Kier alpha value is -3.45. The fraction of sp³-hybridized carbons (Fsp3) is 0.231. The summed E-state index contributed by atoms with van der Waals surface area (Å²) in [6, 6.07) is 23.7. The van der Waals surface area contributed by atoms with Gasteiger partial charge in [0.05, 0.1) is 10.6 Å². The van der Waals surface area contributed by atoms with Gasteiger partial charge in [0.25, 0.3) is 15.9 Å². The van der Waals surface area contributed by atoms with Gasteiger partial charge < -0.3 is 0 Å². The zero-order valence-corrected chi connectivity index (χ0v) is 20.0. The molecule has 0 unspecified atom stereocenters. The summed E-state index contributed by atoms with van der Waals surface area (Å²) >= 11 is 0. The number of nitrogens with one attached hydrogen (secondary N) is 1. The Morgan fingerprint density at radius 3 is 2.21 bits per heavy atom. The average molecular weight is 464 g/mol. The predicted octanol–water partition coefficient (Wildman–Crippen LogP) is 4.62. The summed E-state index contributed by atoms with van der Waals surface area (Å²) in [5.41, 5.74) is 6.63. The van der Waals surface area contributed by atoms with Crippen molar-refractivity contribution in [1.29, 1.82) is 0 Å². The number of carbonyl (C=O) groups excluding carboxylic acids is 1. The van der Waals surface area contributed by atoms with Crippen molar-refractivity contribution in [2.24, 2.45) is 5.10 Å². The molecule has 0 fully saturated rings. The van der Waals surface area contributed by atoms with E-state index >= 15 is 0 Å². The van der Waals surface area contributed by atoms with Crippen LogP contribution in [0.5, 0.6) is 0 Å². The lowest BCUT2D eigenvalue weighted by atomic mass is 10.1. The normalized spacial score (nSPS) is 11.8. The van der Waals surface area contributed by atoms with E-state index in [-0.39, 0.29) is 11.4 Å². The SMILES string of the molecule is C/C(CCc1ccccc1)=N\NC(=O)CN(c1ccccc1C)S(=O)(=O)c1ccc(C)cc1. The molecule has 6 nitrogen and oxygen atoms in total. The number of carbonyl (C=O) groups is 1. The molecule has 0 radical (unpaired) electrons. The Morgan fingerprint density at radius 2 is 1.55 bits per heavy atom. The third kappa shape index (κ3) is 6.52. The lowest BCUT2D eigenvalue weighted by molar-refractivity contribution is -0.119. The number of aryl methyl sites for hydroxylation is 3. The van der Waals surface area contributed by atoms with Crippen LogP contribution in [0.2, 0.25) is 0 Å². The Balaban J connectivity index is 1.76. The van der Waals surface area contributed by atoms with Gasteiger partial charge in [-0.2, -0.15) is 5.10 Å². The summed E-state index contributed by atoms with van der Waals surface area (Å²) in [5.74, 6) is -0.506. The van der Waals surface area contributed by atoms with Gasteiger partial charge in [-0.1, -0.05) is 66.2 Å². The lowest BCUT2D eigenvalue weighted by Crippen LogP contribution is -2.40. The van der Waals surface area contributed by atoms with Crippen LogP contribution in [-0.2, 0) is 21.2 Å². The molecular weight excluding hydrogens is 434 g/mol. The third-order valence-corrected chi connectivity index (χ3v) is 7.04. The van der Waals surface area contributed by atoms with E-state index in [1.165, 1.54) is 5.56 Å². The van der Waals surface area contributed by atoms with Crippen molar-refractivity contribution in [1.82, 2.24) is 5.43 Å². The molecule has 0 atom stereocenters. The number of hydrogen-bond donors (Lipinski definition) is 1. The van der Waals surface area contributed by atoms with E-state index < -0.39 is 15.9 Å². The molecule has 0 spiro atoms. The quantitative estimate of drug-likeness (QED) is 0.371. The second-order valence-electron chi connectivity index (χ2n) is 7.98. The maximum Gasteiger partial charge on any atom is 0.264 e. The number of para-hydroxylation sites is 1. The largest absolute Gasteiger partial charge is 0.271 e. The summed E-state index contributed by atoms with van der Waals surface area (Å²) < 4.78 is 28.0. The predicted molar refractivity (Wildman–Crippen MR) is 133 cm³/mol. The first-order chi connectivity index (χ1) is 15.8. The molecule has 3 rings (SSSR count). The molecule has 0 saturated carbocycles. The molecule has 172 valence electrons. The van der Waals surface area contributed by atoms with E-state index in [4.69, 9.17) is 0 Å². The van der Waals surface area contributed by atoms with Crippen LogP contribution in [0, 0.1) is 13.8 Å². The zero-order valence-electron chi connectivity index (χ0n) is 19.2. The highest BCUT2D eigenvalue weighted by atomic mass is 32.2. The maximum absolute atomic E-state index is 13.4. The van der Waals surface area contributed by atoms with Crippen molar-refractivity contribution in [2.75, 3.05) is 10.8 Å². The molecule has 0 heterocycles. The molecular formula is C26H29N3O3S. The number of rotatable bonds is 9. The van der Waals surface area contributed by atoms with E-state index in [1.54, 1.807) is 36.4 Å². The highest BCUT2D eigenvalue weighted by molar-refractivity contribution is 7.92. The molecule has 0 aliphatic rings. The molecule has 7 heteroatoms. The summed E-state index contributed by atoms with van der Waals surface area (Å²) in [6.07, 6.45) is 1.50. The topological polar surface area (TPSA) is 78.8 Å². The van der Waals surface area contributed by atoms with Crippen LogP contribution in [0.1, 0.15) is 30.0 Å². The molecule has 0 aliphatic heterocycles. The first-order valence-corrected chi connectivity index (χ1v) is 12.2. The highest BCUT2D eigenvalue weighted by Crippen LogP contribution is 2.26. The van der Waals surface area contributed by atoms with E-state index in [0.717, 1.165) is 27.6 Å². The fourth-order valence-corrected chi connectivity index (χ4v) is 4.82. The summed E-state index contributed by atoms with van der Waals surface area (Å²) in [4.78, 5) is 12.9. The number of nitrogens with zero attached hydrogens (tertiary/aromatic N) is 2. The smallest absolute Gasteiger partial charge is 0.264 e. The Morgan fingerprint density at radius 1 is 0.909 bits per heavy atom. The molecule has 3 aromatic carbocycles. The molecule has 0 aromatic heterocycles. The first-order valence-electron chi connectivity index (χ1n) is 10.8. The van der Waals surface area contributed by atoms with Crippen LogP contribution in [0.15, 0.2) is 88.9 Å². The molecule has 0 bridgehead atoms. The number of amides is 1. The summed E-state index contributed by atoms with van der Waals surface area (Å²) in [5, 5.41) is 4.17. The number of anilines is 1. The van der Waals surface area contributed by atoms with Crippen LogP contribution in [-0.4, -0.2) is 26.6 Å². The second kappa shape index (κ2) is 10.9. The minimum Gasteiger partial charge on any atom is -0.271 e. The van der Waals surface area contributed by atoms with Crippen molar-refractivity contribution in [2.45, 2.75) is 38.5 Å². The van der Waals surface area contributed by atoms with Crippen LogP contribution in [0.25, 0.3) is 0 Å². The molecule has 3 aromatic rings. The van der Waals surface area contributed by atoms with Gasteiger partial charge in [0.15, 0.2) is 0 Å². The van der Waals surface area contributed by atoms with E-state index in [1.807, 2.05) is 63.2 Å². The second-order valence-corrected chi connectivity index (χ2v) is 9.84. The molecule has 1 amide bonds. The average Bonchev–Trinajstić information content (AvgIpc) is 2.81. The van der Waals surface area contributed by atoms with E-state index in [2.05, 4.69) is 10.5 Å². The van der Waals surface area contributed by atoms with Crippen LogP contribution >= 0.6 is 0 Å². The number of benzene rings is 3. The zero-order chi connectivity index (χ0) is 23.8. The molecule has 0 saturated heterocycles. The lowest BCUT2D eigenvalue weighted by Gasteiger charge is -2.25. The molecule has 1 N–H and O–H groups in total. The summed E-state index contributed by atoms with van der Waals surface area (Å²) in [7, 11) is -3.95. The Labute approximate surface area is 196 Å². The van der Waals surface area contributed by atoms with Gasteiger partial charge in [0, 0.05) is 5.71 Å². The summed E-state index contributed by atoms with van der Waals surface area (Å²) in [6.45, 7) is 5.17. The van der Waals surface area contributed by atoms with Crippen molar-refractivity contribution in [3.8, 4) is 0 Å². The van der Waals surface area contributed by atoms with Gasteiger partial charge >= 0.3 is 0 Å². The Kier molecular flexibility index (Phi) is 8.01. The minimum absolute atomic E-state index is 0.131. The van der Waals surface area contributed by atoms with Gasteiger partial charge in [-0.05, 0) is 62.9 Å². The van der Waals surface area contributed by atoms with Crippen molar-refractivity contribution < 1.29 is 13.2 Å². The van der Waals surface area contributed by atoms with Gasteiger partial charge in [0.2, 0.25) is 0 Å². The number of hydrogen-bond acceptors (Lipinski definition) is 4. The van der Waals surface area contributed by atoms with Gasteiger partial charge in [-0.25, -0.2) is 13.8 Å². The highest BCUT2D eigenvalue weighted by Gasteiger charge is 2.28.